The van der Waals surface area contributed by atoms with Gasteiger partial charge in [0, 0.05) is 0 Å². The topological polar surface area (TPSA) is 239 Å². The number of carbonyl (C=O) groups is 14. The molecule has 0 N–H and O–H groups in total. The minimum Gasteiger partial charge on any atom is -0.299 e. The zero-order valence-corrected chi connectivity index (χ0v) is 91.6. The van der Waals surface area contributed by atoms with E-state index >= 15 is 0 Å². The molecule has 0 radical (unpaired) electrons. The van der Waals surface area contributed by atoms with Gasteiger partial charge in [-0.05, 0) is 227 Å². The fourth-order valence-electron chi connectivity index (χ4n) is 10.4. The van der Waals surface area contributed by atoms with Crippen LogP contribution in [0.15, 0.2) is 255 Å². The molecule has 0 spiro atoms. The van der Waals surface area contributed by atoms with E-state index in [-0.39, 0.29) is 0 Å². The first-order valence-electron chi connectivity index (χ1n) is 53.9. The molecule has 140 heavy (non-hydrogen) atoms. The van der Waals surface area contributed by atoms with Crippen molar-refractivity contribution in [2.24, 2.45) is 0 Å². The maximum absolute atomic E-state index is 9.93. The Hall–Kier alpha value is -10.1. The zero-order valence-electron chi connectivity index (χ0n) is 91.6. The van der Waals surface area contributed by atoms with Crippen LogP contribution in [0.5, 0.6) is 0 Å². The Morgan fingerprint density at radius 3 is 0.407 bits per heavy atom. The molecule has 14 heteroatoms. The lowest BCUT2D eigenvalue weighted by molar-refractivity contribution is -0.104. The summed E-state index contributed by atoms with van der Waals surface area (Å²) >= 11 is 0. The van der Waals surface area contributed by atoms with Gasteiger partial charge in [0.1, 0.15) is 88.0 Å². The van der Waals surface area contributed by atoms with Crippen LogP contribution in [0.1, 0.15) is 456 Å². The Morgan fingerprint density at radius 2 is 0.236 bits per heavy atom. The van der Waals surface area contributed by atoms with Gasteiger partial charge in [-0.15, -0.1) is 0 Å². The maximum atomic E-state index is 9.93. The lowest BCUT2D eigenvalue weighted by Crippen LogP contribution is -1.78. The number of hydrogen-bond acceptors (Lipinski definition) is 14. The molecule has 0 aromatic carbocycles. The number of hydrogen-bond donors (Lipinski definition) is 0. The van der Waals surface area contributed by atoms with Crippen molar-refractivity contribution < 1.29 is 67.1 Å². The van der Waals surface area contributed by atoms with Gasteiger partial charge in [-0.3, -0.25) is 67.1 Å². The summed E-state index contributed by atoms with van der Waals surface area (Å²) in [6.07, 6.45) is 155. The van der Waals surface area contributed by atoms with E-state index < -0.39 is 0 Å². The molecule has 0 heterocycles. The summed E-state index contributed by atoms with van der Waals surface area (Å²) in [5.74, 6) is 0. The largest absolute Gasteiger partial charge is 0.299 e. The summed E-state index contributed by atoms with van der Waals surface area (Å²) < 4.78 is 0. The number of aldehydes is 14. The number of rotatable bonds is 77. The summed E-state index contributed by atoms with van der Waals surface area (Å²) in [6, 6.07) is 0. The fraction of sp³-hybridized carbons (Fsp3) is 0.556. The molecular formula is C126H210O14. The van der Waals surface area contributed by atoms with Crippen molar-refractivity contribution in [1.82, 2.24) is 0 Å². The molecule has 14 nitrogen and oxygen atoms in total. The van der Waals surface area contributed by atoms with E-state index in [0.717, 1.165) is 184 Å². The van der Waals surface area contributed by atoms with Gasteiger partial charge in [0.05, 0.1) is 0 Å². The van der Waals surface area contributed by atoms with Gasteiger partial charge in [-0.1, -0.05) is 485 Å². The smallest absolute Gasteiger partial charge is 0.142 e. The number of carbonyl (C=O) groups excluding carboxylic acids is 14. The van der Waals surface area contributed by atoms with E-state index in [1.54, 1.807) is 85.1 Å². The highest BCUT2D eigenvalue weighted by molar-refractivity contribution is 5.69. The van der Waals surface area contributed by atoms with Crippen molar-refractivity contribution in [1.29, 1.82) is 0 Å². The van der Waals surface area contributed by atoms with Gasteiger partial charge in [0.15, 0.2) is 0 Å². The predicted octanol–water partition coefficient (Wildman–Crippen LogP) is 36.4. The van der Waals surface area contributed by atoms with Gasteiger partial charge in [0.2, 0.25) is 0 Å². The van der Waals surface area contributed by atoms with Crippen LogP contribution in [0.4, 0.5) is 0 Å². The Labute approximate surface area is 861 Å². The first-order valence-corrected chi connectivity index (χ1v) is 53.9. The van der Waals surface area contributed by atoms with Gasteiger partial charge >= 0.3 is 0 Å². The molecule has 0 aliphatic carbocycles. The lowest BCUT2D eigenvalue weighted by atomic mass is 10.1. The van der Waals surface area contributed by atoms with Crippen LogP contribution < -0.4 is 0 Å². The Bertz CT molecular complexity index is 3070. The second-order valence-corrected chi connectivity index (χ2v) is 31.5. The van der Waals surface area contributed by atoms with E-state index in [0.29, 0.717) is 0 Å². The molecule has 0 bridgehead atoms. The molecule has 0 aliphatic heterocycles. The standard InChI is InChI=1S/C12H22O.C12H20O.C11H20O.C11H18O.C10H18O.C10H16O.C9H16O.C9H14O.C8H14O.C8H12O.C7H12O.C7H10O.C6H10O.C6H8O/c2*1-2-3-4-5-6-7-8-9-10-11-12-13;2*1-2-3-4-5-6-7-8-9-10-11-12;2*1-2-3-4-5-6-7-8-9-10-11;2*1-2-3-4-5-6-7-8-9-10;2*1-2-3-4-5-6-7-8-9;2*1-2-3-4-5-6-7-8;2*1-2-3-4-5-6-7/h10-12H,2-9H2,1H3;8-12H,2-7H2,1H3;9-11H,2-8H2,1H3;7-11H,2-6H2,1H3;8-10H,2-7H2,1H3;6-10H,2-5H2,1H3;7-9H,2-6H2,1H3;5-9H,2-4H2,1H3;6-8H,2-5H2,1H3;4-8H,2-3H2,1H3;5-7H,2-4H2,1H3;3-7H,2H2,1H3;4-6H,2-3H2,1H3;2-6H,1H3/b11-10+;9-8+,11-10+;10-9+;8-7+,10-9+;9-8+;7-6+,9-8+;8-7+;6-5+,8-7+;7-6+;5-4+,7-6+;6-5+;4-3+,6-5+;5-4+;3-2+,5-4+. The second-order valence-electron chi connectivity index (χ2n) is 31.5. The van der Waals surface area contributed by atoms with E-state index in [4.69, 9.17) is 0 Å². The van der Waals surface area contributed by atoms with Crippen LogP contribution in [0, 0.1) is 0 Å². The predicted molar refractivity (Wildman–Crippen MR) is 615 cm³/mol. The Kier molecular flexibility index (Phi) is 233. The number of unbranched alkanes of at least 4 members (excludes halogenated alkanes) is 43. The van der Waals surface area contributed by atoms with Crippen molar-refractivity contribution in [3.05, 3.63) is 255 Å². The molecule has 0 rings (SSSR count). The highest BCUT2D eigenvalue weighted by atomic mass is 16.1. The van der Waals surface area contributed by atoms with Crippen molar-refractivity contribution in [2.45, 2.75) is 456 Å². The Morgan fingerprint density at radius 1 is 0.107 bits per heavy atom. The highest BCUT2D eigenvalue weighted by Crippen LogP contribution is 2.12. The molecule has 0 aliphatic rings. The molecular weight excluding hydrogens is 1740 g/mol. The molecule has 0 amide bonds. The quantitative estimate of drug-likeness (QED) is 0.0238. The van der Waals surface area contributed by atoms with Crippen molar-refractivity contribution in [3.63, 3.8) is 0 Å². The normalized spacial score (nSPS) is 10.9. The molecule has 798 valence electrons. The number of allylic oxidation sites excluding steroid dienone is 42. The van der Waals surface area contributed by atoms with Crippen LogP contribution in [0.3, 0.4) is 0 Å². The average molecular weight is 1950 g/mol. The average Bonchev–Trinajstić information content (AvgIpc) is 1.15. The maximum Gasteiger partial charge on any atom is 0.142 e. The van der Waals surface area contributed by atoms with Gasteiger partial charge in [0.25, 0.3) is 0 Å². The minimum absolute atomic E-state index is 0.750. The monoisotopic (exact) mass is 1950 g/mol. The third-order valence-corrected chi connectivity index (χ3v) is 18.3. The molecule has 0 fully saturated rings. The molecule has 0 unspecified atom stereocenters. The van der Waals surface area contributed by atoms with Crippen molar-refractivity contribution >= 4 is 88.0 Å². The lowest BCUT2D eigenvalue weighted by Gasteiger charge is -1.98. The van der Waals surface area contributed by atoms with Crippen LogP contribution in [0.25, 0.3) is 0 Å². The summed E-state index contributed by atoms with van der Waals surface area (Å²) in [5.41, 5.74) is 0. The first-order chi connectivity index (χ1) is 68.8. The van der Waals surface area contributed by atoms with Crippen LogP contribution >= 0.6 is 0 Å². The molecule has 0 saturated carbocycles. The first kappa shape index (κ1) is 161. The van der Waals surface area contributed by atoms with Crippen molar-refractivity contribution in [3.8, 4) is 0 Å². The molecule has 0 atom stereocenters. The summed E-state index contributed by atoms with van der Waals surface area (Å²) in [7, 11) is 0. The van der Waals surface area contributed by atoms with E-state index in [9.17, 15) is 67.1 Å². The van der Waals surface area contributed by atoms with Crippen LogP contribution in [-0.4, -0.2) is 88.0 Å². The zero-order chi connectivity index (χ0) is 107. The fourth-order valence-corrected chi connectivity index (χ4v) is 10.4. The van der Waals surface area contributed by atoms with E-state index in [1.165, 1.54) is 312 Å². The van der Waals surface area contributed by atoms with Gasteiger partial charge in [-0.2, -0.15) is 0 Å². The third kappa shape index (κ3) is 267. The Balaban J connectivity index is -0.000000102. The third-order valence-electron chi connectivity index (χ3n) is 18.3. The van der Waals surface area contributed by atoms with E-state index in [2.05, 4.69) is 107 Å². The van der Waals surface area contributed by atoms with Crippen molar-refractivity contribution in [2.75, 3.05) is 0 Å². The summed E-state index contributed by atoms with van der Waals surface area (Å²) in [5, 5.41) is 0. The van der Waals surface area contributed by atoms with Crippen LogP contribution in [-0.2, 0) is 67.1 Å². The van der Waals surface area contributed by atoms with Gasteiger partial charge in [-0.25, -0.2) is 0 Å². The summed E-state index contributed by atoms with van der Waals surface area (Å²) in [4.78, 5) is 137. The van der Waals surface area contributed by atoms with Gasteiger partial charge < -0.3 is 0 Å². The van der Waals surface area contributed by atoms with Crippen LogP contribution in [0.2, 0.25) is 0 Å². The minimum atomic E-state index is 0.750. The highest BCUT2D eigenvalue weighted by Gasteiger charge is 1.93. The second kappa shape index (κ2) is 203. The molecule has 0 aromatic heterocycles. The summed E-state index contributed by atoms with van der Waals surface area (Å²) in [6.45, 7) is 30.1. The van der Waals surface area contributed by atoms with E-state index in [1.807, 2.05) is 111 Å². The molecule has 0 aromatic rings. The molecule has 0 saturated heterocycles. The SMILES string of the molecule is C/C=C/C=C/C=O.CC/C=C/C=C/C=O.CCC/C=C/C=C/C=O.CCC/C=C/C=O.CCCC/C=C/C=C/C=O.CCCC/C=C/C=O.CCCCC/C=C/C=C/C=O.CCCCC/C=C/C=O.CCCCCC/C=C/C=C/C=O.CCCCCC/C=C/C=O.CCCCCCC/C=C/C=C/C=O.CCCCCCC/C=C/C=O.CCCCCCCC/C=C/C=O.CCCCCCCCC/C=C/C=O.